The summed E-state index contributed by atoms with van der Waals surface area (Å²) < 4.78 is 26.3. The first-order chi connectivity index (χ1) is 9.43. The molecule has 6 heteroatoms. The van der Waals surface area contributed by atoms with Crippen LogP contribution in [0.5, 0.6) is 0 Å². The van der Waals surface area contributed by atoms with Gasteiger partial charge in [0.1, 0.15) is 0 Å². The van der Waals surface area contributed by atoms with Crippen molar-refractivity contribution in [2.45, 2.75) is 30.7 Å². The quantitative estimate of drug-likeness (QED) is 0.776. The van der Waals surface area contributed by atoms with Crippen LogP contribution in [0.3, 0.4) is 0 Å². The van der Waals surface area contributed by atoms with Gasteiger partial charge in [0, 0.05) is 13.1 Å². The predicted molar refractivity (Wildman–Crippen MR) is 83.2 cm³/mol. The SMILES string of the molecule is CSCCC(C)N(C)S(=O)(=O)c1ccc(CC#N)cc1. The van der Waals surface area contributed by atoms with Gasteiger partial charge in [-0.05, 0) is 43.0 Å². The molecule has 0 aromatic heterocycles. The average molecular weight is 312 g/mol. The van der Waals surface area contributed by atoms with Crippen LogP contribution in [0, 0.1) is 11.3 Å². The van der Waals surface area contributed by atoms with Gasteiger partial charge in [-0.2, -0.15) is 21.3 Å². The molecule has 0 radical (unpaired) electrons. The third-order valence-electron chi connectivity index (χ3n) is 3.24. The standard InChI is InChI=1S/C14H20N2O2S2/c1-12(9-11-19-3)16(2)20(17,18)14-6-4-13(5-7-14)8-10-15/h4-7,12H,8-9,11H2,1-3H3. The van der Waals surface area contributed by atoms with Crippen molar-refractivity contribution in [2.75, 3.05) is 19.1 Å². The topological polar surface area (TPSA) is 61.2 Å². The van der Waals surface area contributed by atoms with Crippen LogP contribution in [-0.2, 0) is 16.4 Å². The molecule has 1 rings (SSSR count). The predicted octanol–water partition coefficient (Wildman–Crippen LogP) is 2.51. The second-order valence-corrected chi connectivity index (χ2v) is 7.61. The number of sulfonamides is 1. The molecular formula is C14H20N2O2S2. The fourth-order valence-corrected chi connectivity index (χ4v) is 3.71. The van der Waals surface area contributed by atoms with Crippen molar-refractivity contribution < 1.29 is 8.42 Å². The zero-order chi connectivity index (χ0) is 15.2. The molecule has 0 saturated heterocycles. The molecule has 1 aromatic rings. The van der Waals surface area contributed by atoms with Gasteiger partial charge in [-0.15, -0.1) is 0 Å². The summed E-state index contributed by atoms with van der Waals surface area (Å²) in [6.07, 6.45) is 3.12. The van der Waals surface area contributed by atoms with Crippen LogP contribution < -0.4 is 0 Å². The summed E-state index contributed by atoms with van der Waals surface area (Å²) in [4.78, 5) is 0.276. The van der Waals surface area contributed by atoms with E-state index in [1.807, 2.05) is 19.2 Å². The van der Waals surface area contributed by atoms with E-state index in [-0.39, 0.29) is 10.9 Å². The molecule has 20 heavy (non-hydrogen) atoms. The molecule has 110 valence electrons. The molecule has 1 atom stereocenters. The van der Waals surface area contributed by atoms with Crippen molar-refractivity contribution in [1.29, 1.82) is 5.26 Å². The number of hydrogen-bond donors (Lipinski definition) is 0. The van der Waals surface area contributed by atoms with Crippen molar-refractivity contribution in [2.24, 2.45) is 0 Å². The molecular weight excluding hydrogens is 292 g/mol. The lowest BCUT2D eigenvalue weighted by Gasteiger charge is -2.24. The molecule has 0 bridgehead atoms. The van der Waals surface area contributed by atoms with Gasteiger partial charge in [-0.25, -0.2) is 8.42 Å². The number of thioether (sulfide) groups is 1. The summed E-state index contributed by atoms with van der Waals surface area (Å²) in [6, 6.07) is 8.53. The minimum absolute atomic E-state index is 0.0359. The second kappa shape index (κ2) is 7.67. The molecule has 0 fully saturated rings. The van der Waals surface area contributed by atoms with Crippen LogP contribution in [0.2, 0.25) is 0 Å². The Hall–Kier alpha value is -1.03. The molecule has 1 unspecified atom stereocenters. The van der Waals surface area contributed by atoms with Gasteiger partial charge in [0.05, 0.1) is 17.4 Å². The van der Waals surface area contributed by atoms with Gasteiger partial charge in [0.2, 0.25) is 10.0 Å². The maximum atomic E-state index is 12.5. The summed E-state index contributed by atoms with van der Waals surface area (Å²) in [5.41, 5.74) is 0.824. The molecule has 0 N–H and O–H groups in total. The molecule has 0 amide bonds. The fourth-order valence-electron chi connectivity index (χ4n) is 1.74. The average Bonchev–Trinajstić information content (AvgIpc) is 2.44. The summed E-state index contributed by atoms with van der Waals surface area (Å²) in [7, 11) is -1.84. The Kier molecular flexibility index (Phi) is 6.53. The molecule has 0 spiro atoms. The number of hydrogen-bond acceptors (Lipinski definition) is 4. The Labute approximate surface area is 125 Å². The van der Waals surface area contributed by atoms with Crippen molar-refractivity contribution in [1.82, 2.24) is 4.31 Å². The van der Waals surface area contributed by atoms with Crippen molar-refractivity contribution in [3.63, 3.8) is 0 Å². The highest BCUT2D eigenvalue weighted by atomic mass is 32.2. The van der Waals surface area contributed by atoms with E-state index in [0.717, 1.165) is 17.7 Å². The van der Waals surface area contributed by atoms with Gasteiger partial charge in [0.15, 0.2) is 0 Å². The summed E-state index contributed by atoms with van der Waals surface area (Å²) >= 11 is 1.71. The minimum atomic E-state index is -3.46. The lowest BCUT2D eigenvalue weighted by atomic mass is 10.2. The molecule has 0 aliphatic rings. The Morgan fingerprint density at radius 2 is 1.95 bits per heavy atom. The normalized spacial score (nSPS) is 13.2. The molecule has 0 aliphatic carbocycles. The van der Waals surface area contributed by atoms with Gasteiger partial charge in [0.25, 0.3) is 0 Å². The maximum Gasteiger partial charge on any atom is 0.243 e. The molecule has 0 heterocycles. The van der Waals surface area contributed by atoms with Gasteiger partial charge < -0.3 is 0 Å². The van der Waals surface area contributed by atoms with Crippen LogP contribution >= 0.6 is 11.8 Å². The highest BCUT2D eigenvalue weighted by molar-refractivity contribution is 7.98. The van der Waals surface area contributed by atoms with Crippen molar-refractivity contribution in [3.8, 4) is 6.07 Å². The van der Waals surface area contributed by atoms with Crippen molar-refractivity contribution in [3.05, 3.63) is 29.8 Å². The minimum Gasteiger partial charge on any atom is -0.207 e. The van der Waals surface area contributed by atoms with E-state index in [0.29, 0.717) is 6.42 Å². The smallest absolute Gasteiger partial charge is 0.207 e. The zero-order valence-corrected chi connectivity index (χ0v) is 13.7. The molecule has 4 nitrogen and oxygen atoms in total. The van der Waals surface area contributed by atoms with Crippen LogP contribution in [0.15, 0.2) is 29.2 Å². The van der Waals surface area contributed by atoms with E-state index < -0.39 is 10.0 Å². The Morgan fingerprint density at radius 3 is 2.45 bits per heavy atom. The first-order valence-electron chi connectivity index (χ1n) is 6.36. The number of rotatable bonds is 7. The Bertz CT molecular complexity index is 562. The monoisotopic (exact) mass is 312 g/mol. The Morgan fingerprint density at radius 1 is 1.35 bits per heavy atom. The van der Waals surface area contributed by atoms with Gasteiger partial charge >= 0.3 is 0 Å². The first-order valence-corrected chi connectivity index (χ1v) is 9.19. The fraction of sp³-hybridized carbons (Fsp3) is 0.500. The van der Waals surface area contributed by atoms with Gasteiger partial charge in [-0.1, -0.05) is 12.1 Å². The molecule has 1 aromatic carbocycles. The van der Waals surface area contributed by atoms with Crippen LogP contribution in [-0.4, -0.2) is 37.8 Å². The number of benzene rings is 1. The summed E-state index contributed by atoms with van der Waals surface area (Å²) in [5.74, 6) is 0.933. The van der Waals surface area contributed by atoms with Crippen LogP contribution in [0.1, 0.15) is 18.9 Å². The van der Waals surface area contributed by atoms with E-state index >= 15 is 0 Å². The van der Waals surface area contributed by atoms with Crippen LogP contribution in [0.25, 0.3) is 0 Å². The summed E-state index contributed by atoms with van der Waals surface area (Å²) in [5, 5.41) is 8.61. The largest absolute Gasteiger partial charge is 0.243 e. The maximum absolute atomic E-state index is 12.5. The third kappa shape index (κ3) is 4.23. The lowest BCUT2D eigenvalue weighted by Crippen LogP contribution is -2.35. The van der Waals surface area contributed by atoms with Crippen LogP contribution in [0.4, 0.5) is 0 Å². The molecule has 0 saturated carbocycles. The number of nitrogens with zero attached hydrogens (tertiary/aromatic N) is 2. The highest BCUT2D eigenvalue weighted by Gasteiger charge is 2.24. The highest BCUT2D eigenvalue weighted by Crippen LogP contribution is 2.19. The number of nitriles is 1. The second-order valence-electron chi connectivity index (χ2n) is 4.63. The lowest BCUT2D eigenvalue weighted by molar-refractivity contribution is 0.382. The van der Waals surface area contributed by atoms with E-state index in [1.54, 1.807) is 43.1 Å². The third-order valence-corrected chi connectivity index (χ3v) is 5.87. The first kappa shape index (κ1) is 17.0. The van der Waals surface area contributed by atoms with E-state index in [9.17, 15) is 8.42 Å². The van der Waals surface area contributed by atoms with Crippen molar-refractivity contribution >= 4 is 21.8 Å². The van der Waals surface area contributed by atoms with E-state index in [1.165, 1.54) is 4.31 Å². The van der Waals surface area contributed by atoms with E-state index in [4.69, 9.17) is 5.26 Å². The Balaban J connectivity index is 2.89. The van der Waals surface area contributed by atoms with E-state index in [2.05, 4.69) is 0 Å². The van der Waals surface area contributed by atoms with Gasteiger partial charge in [-0.3, -0.25) is 0 Å². The zero-order valence-electron chi connectivity index (χ0n) is 12.0. The summed E-state index contributed by atoms with van der Waals surface area (Å²) in [6.45, 7) is 1.91. The molecule has 0 aliphatic heterocycles.